The Kier molecular flexibility index (Phi) is 4.39. The standard InChI is InChI=1S/C18H18N2O3/c21-16(14-7-2-1-3-8-14)12-19-17(22)18(23)20-11-10-13-6-4-5-9-15(13)20/h1-9,16,21H,10-12H2,(H,19,22). The van der Waals surface area contributed by atoms with E-state index in [0.29, 0.717) is 12.1 Å². The van der Waals surface area contributed by atoms with Crippen molar-refractivity contribution in [3.8, 4) is 0 Å². The zero-order valence-corrected chi connectivity index (χ0v) is 12.6. The minimum absolute atomic E-state index is 0.00404. The average molecular weight is 310 g/mol. The van der Waals surface area contributed by atoms with Gasteiger partial charge in [0.1, 0.15) is 0 Å². The fourth-order valence-electron chi connectivity index (χ4n) is 2.73. The molecular formula is C18H18N2O3. The highest BCUT2D eigenvalue weighted by atomic mass is 16.3. The van der Waals surface area contributed by atoms with Crippen LogP contribution in [0.3, 0.4) is 0 Å². The molecule has 23 heavy (non-hydrogen) atoms. The lowest BCUT2D eigenvalue weighted by molar-refractivity contribution is -0.137. The molecule has 0 aliphatic carbocycles. The Hall–Kier alpha value is -2.66. The zero-order valence-electron chi connectivity index (χ0n) is 12.6. The third-order valence-corrected chi connectivity index (χ3v) is 3.97. The van der Waals surface area contributed by atoms with E-state index < -0.39 is 17.9 Å². The molecule has 1 unspecified atom stereocenters. The number of carbonyl (C=O) groups is 2. The maximum atomic E-state index is 12.3. The Balaban J connectivity index is 1.60. The van der Waals surface area contributed by atoms with Gasteiger partial charge in [0.15, 0.2) is 0 Å². The van der Waals surface area contributed by atoms with Gasteiger partial charge in [-0.05, 0) is 23.6 Å². The van der Waals surface area contributed by atoms with Crippen LogP contribution < -0.4 is 10.2 Å². The summed E-state index contributed by atoms with van der Waals surface area (Å²) in [4.78, 5) is 25.8. The SMILES string of the molecule is O=C(NCC(O)c1ccccc1)C(=O)N1CCc2ccccc21. The molecule has 5 nitrogen and oxygen atoms in total. The van der Waals surface area contributed by atoms with Crippen molar-refractivity contribution in [1.29, 1.82) is 0 Å². The summed E-state index contributed by atoms with van der Waals surface area (Å²) >= 11 is 0. The van der Waals surface area contributed by atoms with Gasteiger partial charge >= 0.3 is 11.8 Å². The number of nitrogens with zero attached hydrogens (tertiary/aromatic N) is 1. The van der Waals surface area contributed by atoms with Crippen molar-refractivity contribution in [2.75, 3.05) is 18.0 Å². The van der Waals surface area contributed by atoms with Crippen LogP contribution in [0.4, 0.5) is 5.69 Å². The van der Waals surface area contributed by atoms with Gasteiger partial charge in [-0.25, -0.2) is 0 Å². The summed E-state index contributed by atoms with van der Waals surface area (Å²) in [6.45, 7) is 0.511. The van der Waals surface area contributed by atoms with Gasteiger partial charge in [-0.2, -0.15) is 0 Å². The van der Waals surface area contributed by atoms with Crippen molar-refractivity contribution >= 4 is 17.5 Å². The Morgan fingerprint density at radius 3 is 2.57 bits per heavy atom. The molecule has 2 amide bonds. The van der Waals surface area contributed by atoms with E-state index in [0.717, 1.165) is 17.7 Å². The van der Waals surface area contributed by atoms with E-state index >= 15 is 0 Å². The molecular weight excluding hydrogens is 292 g/mol. The lowest BCUT2D eigenvalue weighted by Gasteiger charge is -2.17. The van der Waals surface area contributed by atoms with Crippen LogP contribution in [-0.4, -0.2) is 30.0 Å². The minimum atomic E-state index is -0.834. The summed E-state index contributed by atoms with van der Waals surface area (Å²) < 4.78 is 0. The number of aliphatic hydroxyl groups excluding tert-OH is 1. The van der Waals surface area contributed by atoms with E-state index in [1.54, 1.807) is 12.1 Å². The predicted molar refractivity (Wildman–Crippen MR) is 86.9 cm³/mol. The molecule has 0 radical (unpaired) electrons. The number of rotatable bonds is 3. The summed E-state index contributed by atoms with van der Waals surface area (Å²) in [5, 5.41) is 12.5. The van der Waals surface area contributed by atoms with Crippen molar-refractivity contribution in [1.82, 2.24) is 5.32 Å². The van der Waals surface area contributed by atoms with Gasteiger partial charge in [-0.3, -0.25) is 9.59 Å². The van der Waals surface area contributed by atoms with E-state index in [1.165, 1.54) is 4.90 Å². The molecule has 2 aromatic rings. The van der Waals surface area contributed by atoms with Gasteiger partial charge in [-0.1, -0.05) is 48.5 Å². The summed E-state index contributed by atoms with van der Waals surface area (Å²) in [5.74, 6) is -1.29. The first-order valence-electron chi connectivity index (χ1n) is 7.57. The van der Waals surface area contributed by atoms with Crippen LogP contribution in [0.2, 0.25) is 0 Å². The molecule has 0 saturated heterocycles. The van der Waals surface area contributed by atoms with E-state index in [1.807, 2.05) is 42.5 Å². The Morgan fingerprint density at radius 1 is 1.09 bits per heavy atom. The van der Waals surface area contributed by atoms with Crippen LogP contribution in [-0.2, 0) is 16.0 Å². The number of nitrogens with one attached hydrogen (secondary N) is 1. The zero-order chi connectivity index (χ0) is 16.2. The first kappa shape index (κ1) is 15.2. The topological polar surface area (TPSA) is 69.6 Å². The molecule has 5 heteroatoms. The smallest absolute Gasteiger partial charge is 0.316 e. The Bertz CT molecular complexity index is 715. The van der Waals surface area contributed by atoms with Crippen LogP contribution in [0.25, 0.3) is 0 Å². The average Bonchev–Trinajstić information content (AvgIpc) is 3.03. The van der Waals surface area contributed by atoms with Crippen LogP contribution >= 0.6 is 0 Å². The number of fused-ring (bicyclic) bond motifs is 1. The maximum Gasteiger partial charge on any atom is 0.316 e. The second-order valence-electron chi connectivity index (χ2n) is 5.47. The number of para-hydroxylation sites is 1. The highest BCUT2D eigenvalue weighted by Gasteiger charge is 2.28. The van der Waals surface area contributed by atoms with Crippen molar-refractivity contribution in [3.05, 3.63) is 65.7 Å². The van der Waals surface area contributed by atoms with Gasteiger partial charge in [0, 0.05) is 18.8 Å². The van der Waals surface area contributed by atoms with Crippen molar-refractivity contribution < 1.29 is 14.7 Å². The molecule has 3 rings (SSSR count). The van der Waals surface area contributed by atoms with Gasteiger partial charge in [-0.15, -0.1) is 0 Å². The second kappa shape index (κ2) is 6.62. The molecule has 2 aromatic carbocycles. The third-order valence-electron chi connectivity index (χ3n) is 3.97. The first-order valence-corrected chi connectivity index (χ1v) is 7.57. The maximum absolute atomic E-state index is 12.3. The second-order valence-corrected chi connectivity index (χ2v) is 5.47. The quantitative estimate of drug-likeness (QED) is 0.843. The van der Waals surface area contributed by atoms with Crippen LogP contribution in [0.15, 0.2) is 54.6 Å². The minimum Gasteiger partial charge on any atom is -0.387 e. The number of benzene rings is 2. The van der Waals surface area contributed by atoms with Gasteiger partial charge in [0.2, 0.25) is 0 Å². The van der Waals surface area contributed by atoms with Gasteiger partial charge in [0.05, 0.1) is 6.10 Å². The monoisotopic (exact) mass is 310 g/mol. The number of aliphatic hydroxyl groups is 1. The van der Waals surface area contributed by atoms with Gasteiger partial charge in [0.25, 0.3) is 0 Å². The fraction of sp³-hybridized carbons (Fsp3) is 0.222. The number of hydrogen-bond donors (Lipinski definition) is 2. The number of hydrogen-bond acceptors (Lipinski definition) is 3. The molecule has 0 fully saturated rings. The van der Waals surface area contributed by atoms with E-state index in [4.69, 9.17) is 0 Å². The molecule has 1 atom stereocenters. The lowest BCUT2D eigenvalue weighted by atomic mass is 10.1. The molecule has 0 spiro atoms. The van der Waals surface area contributed by atoms with E-state index in [2.05, 4.69) is 5.32 Å². The molecule has 0 aromatic heterocycles. The third kappa shape index (κ3) is 3.24. The van der Waals surface area contributed by atoms with Crippen molar-refractivity contribution in [3.63, 3.8) is 0 Å². The fourth-order valence-corrected chi connectivity index (χ4v) is 2.73. The molecule has 1 aliphatic heterocycles. The highest BCUT2D eigenvalue weighted by Crippen LogP contribution is 2.27. The molecule has 1 heterocycles. The van der Waals surface area contributed by atoms with Crippen LogP contribution in [0, 0.1) is 0 Å². The van der Waals surface area contributed by atoms with Crippen LogP contribution in [0.5, 0.6) is 0 Å². The largest absolute Gasteiger partial charge is 0.387 e. The Morgan fingerprint density at radius 2 is 1.78 bits per heavy atom. The summed E-state index contributed by atoms with van der Waals surface area (Å²) in [6, 6.07) is 16.6. The summed E-state index contributed by atoms with van der Waals surface area (Å²) in [7, 11) is 0. The van der Waals surface area contributed by atoms with E-state index in [9.17, 15) is 14.7 Å². The number of carbonyl (C=O) groups excluding carboxylic acids is 2. The highest BCUT2D eigenvalue weighted by molar-refractivity contribution is 6.40. The van der Waals surface area contributed by atoms with E-state index in [-0.39, 0.29) is 6.54 Å². The summed E-state index contributed by atoms with van der Waals surface area (Å²) in [6.07, 6.45) is -0.0826. The lowest BCUT2D eigenvalue weighted by Crippen LogP contribution is -2.43. The molecule has 1 aliphatic rings. The van der Waals surface area contributed by atoms with Gasteiger partial charge < -0.3 is 15.3 Å². The van der Waals surface area contributed by atoms with Crippen molar-refractivity contribution in [2.45, 2.75) is 12.5 Å². The van der Waals surface area contributed by atoms with Crippen LogP contribution in [0.1, 0.15) is 17.2 Å². The normalized spacial score (nSPS) is 14.2. The number of anilines is 1. The number of amides is 2. The Labute approximate surface area is 134 Å². The molecule has 0 bridgehead atoms. The molecule has 118 valence electrons. The molecule has 2 N–H and O–H groups in total. The molecule has 0 saturated carbocycles. The first-order chi connectivity index (χ1) is 11.2. The summed E-state index contributed by atoms with van der Waals surface area (Å²) in [5.41, 5.74) is 2.56. The predicted octanol–water partition coefficient (Wildman–Crippen LogP) is 1.43. The van der Waals surface area contributed by atoms with Crippen molar-refractivity contribution in [2.24, 2.45) is 0 Å².